The van der Waals surface area contributed by atoms with Crippen LogP contribution in [0.4, 0.5) is 27.6 Å². The van der Waals surface area contributed by atoms with Crippen LogP contribution in [0.3, 0.4) is 0 Å². The average Bonchev–Trinajstić information content (AvgIpc) is 3.26. The van der Waals surface area contributed by atoms with E-state index < -0.39 is 64.1 Å². The van der Waals surface area contributed by atoms with Gasteiger partial charge >= 0.3 is 17.9 Å². The average molecular weight is 625 g/mol. The number of fused-ring (bicyclic) bond motifs is 6. The van der Waals surface area contributed by atoms with Crippen LogP contribution in [0.15, 0.2) is 54.6 Å². The number of benzene rings is 4. The summed E-state index contributed by atoms with van der Waals surface area (Å²) in [5, 5.41) is 2.04. The lowest BCUT2D eigenvalue weighted by Crippen LogP contribution is -2.33. The molecule has 2 aliphatic rings. The quantitative estimate of drug-likeness (QED) is 0.0958. The summed E-state index contributed by atoms with van der Waals surface area (Å²) in [7, 11) is 0. The van der Waals surface area contributed by atoms with E-state index >= 15 is 0 Å². The van der Waals surface area contributed by atoms with Crippen molar-refractivity contribution in [3.8, 4) is 23.0 Å². The molecule has 14 heteroatoms. The van der Waals surface area contributed by atoms with E-state index in [1.54, 1.807) is 0 Å². The van der Waals surface area contributed by atoms with E-state index in [0.29, 0.717) is 0 Å². The van der Waals surface area contributed by atoms with Gasteiger partial charge in [0.1, 0.15) is 28.6 Å². The zero-order valence-electron chi connectivity index (χ0n) is 22.9. The van der Waals surface area contributed by atoms with Crippen molar-refractivity contribution in [1.29, 1.82) is 0 Å². The summed E-state index contributed by atoms with van der Waals surface area (Å²) < 4.78 is 91.6. The molecule has 4 aromatic carbocycles. The molecule has 6 rings (SSSR count). The van der Waals surface area contributed by atoms with Crippen LogP contribution in [0.5, 0.6) is 23.0 Å². The molecule has 2 aliphatic heterocycles. The minimum absolute atomic E-state index is 0.102. The first kappa shape index (κ1) is 29.3. The molecular weight excluding hydrogens is 609 g/mol. The maximum atomic E-state index is 14.2. The van der Waals surface area contributed by atoms with Gasteiger partial charge in [-0.1, -0.05) is 6.07 Å². The molecule has 9 nitrogen and oxygen atoms in total. The van der Waals surface area contributed by atoms with E-state index in [1.807, 2.05) is 5.32 Å². The van der Waals surface area contributed by atoms with Crippen LogP contribution in [0.25, 0.3) is 0 Å². The normalized spacial score (nSPS) is 13.6. The van der Waals surface area contributed by atoms with E-state index in [9.17, 15) is 41.1 Å². The van der Waals surface area contributed by atoms with Crippen LogP contribution in [0.1, 0.15) is 51.3 Å². The monoisotopic (exact) mass is 625 g/mol. The number of carbonyl (C=O) groups excluding carboxylic acids is 4. The number of hydrogen-bond acceptors (Lipinski definition) is 8. The van der Waals surface area contributed by atoms with Gasteiger partial charge in [-0.3, -0.25) is 14.4 Å². The first-order chi connectivity index (χ1) is 21.3. The van der Waals surface area contributed by atoms with Crippen molar-refractivity contribution in [2.24, 2.45) is 0 Å². The van der Waals surface area contributed by atoms with Crippen molar-refractivity contribution in [3.05, 3.63) is 112 Å². The van der Waals surface area contributed by atoms with Crippen molar-refractivity contribution in [2.75, 3.05) is 5.32 Å². The molecule has 0 aliphatic carbocycles. The zero-order chi connectivity index (χ0) is 32.4. The second kappa shape index (κ2) is 10.4. The van der Waals surface area contributed by atoms with E-state index in [2.05, 4.69) is 0 Å². The highest BCUT2D eigenvalue weighted by Crippen LogP contribution is 2.57. The fourth-order valence-corrected chi connectivity index (χ4v) is 5.22. The Hall–Kier alpha value is -5.79. The highest BCUT2D eigenvalue weighted by Gasteiger charge is 2.54. The molecule has 1 N–H and O–H groups in total. The van der Waals surface area contributed by atoms with E-state index in [0.717, 1.165) is 6.07 Å². The number of carbonyl (C=O) groups is 4. The Morgan fingerprint density at radius 1 is 0.689 bits per heavy atom. The summed E-state index contributed by atoms with van der Waals surface area (Å²) in [5.74, 6) is -15.1. The Labute approximate surface area is 249 Å². The summed E-state index contributed by atoms with van der Waals surface area (Å²) in [5.41, 5.74) is -2.98. The number of esters is 3. The van der Waals surface area contributed by atoms with Gasteiger partial charge in [0.2, 0.25) is 5.82 Å². The molecule has 0 aromatic heterocycles. The Bertz CT molecular complexity index is 1920. The summed E-state index contributed by atoms with van der Waals surface area (Å²) in [4.78, 5) is 49.1. The highest BCUT2D eigenvalue weighted by molar-refractivity contribution is 6.06. The molecule has 0 fully saturated rings. The third-order valence-corrected chi connectivity index (χ3v) is 6.97. The molecule has 228 valence electrons. The van der Waals surface area contributed by atoms with Gasteiger partial charge in [0.15, 0.2) is 28.9 Å². The maximum absolute atomic E-state index is 14.2. The second-order valence-electron chi connectivity index (χ2n) is 9.84. The molecule has 2 heterocycles. The molecule has 1 spiro atoms. The summed E-state index contributed by atoms with van der Waals surface area (Å²) in [6, 6.07) is 12.3. The van der Waals surface area contributed by atoms with Gasteiger partial charge in [-0.25, -0.2) is 26.7 Å². The van der Waals surface area contributed by atoms with Crippen molar-refractivity contribution in [1.82, 2.24) is 0 Å². The molecule has 4 aromatic rings. The van der Waals surface area contributed by atoms with Gasteiger partial charge in [-0.15, -0.1) is 0 Å². The summed E-state index contributed by atoms with van der Waals surface area (Å²) in [6.45, 7) is 2.39. The van der Waals surface area contributed by atoms with Crippen LogP contribution in [0, 0.1) is 29.1 Å². The molecule has 1 amide bonds. The first-order valence-corrected chi connectivity index (χ1v) is 12.9. The van der Waals surface area contributed by atoms with Crippen LogP contribution in [-0.4, -0.2) is 23.8 Å². The standard InChI is InChI=1S/C31H16F5NO8/c1-12(38)42-15-4-7-19-21(10-15)44-22-11-16(43-13(2)39)5-8-20(22)31(19)18-6-3-14(9-17(18)30(41)45-31)37-29(40)23-24(32)26(34)28(36)27(35)25(23)33/h3-11H,1-2H3,(H,37,40). The molecule has 0 radical (unpaired) electrons. The van der Waals surface area contributed by atoms with Crippen LogP contribution in [-0.2, 0) is 19.9 Å². The fourth-order valence-electron chi connectivity index (χ4n) is 5.22. The van der Waals surface area contributed by atoms with Crippen molar-refractivity contribution in [3.63, 3.8) is 0 Å². The molecule has 45 heavy (non-hydrogen) atoms. The topological polar surface area (TPSA) is 117 Å². The minimum atomic E-state index is -2.43. The van der Waals surface area contributed by atoms with Gasteiger partial charge in [-0.2, -0.15) is 0 Å². The number of amides is 1. The van der Waals surface area contributed by atoms with Crippen molar-refractivity contribution < 1.29 is 60.1 Å². The number of rotatable bonds is 4. The van der Waals surface area contributed by atoms with Gasteiger partial charge in [-0.05, 0) is 36.4 Å². The largest absolute Gasteiger partial charge is 0.456 e. The number of halogens is 5. The Kier molecular flexibility index (Phi) is 6.79. The van der Waals surface area contributed by atoms with Gasteiger partial charge in [0.25, 0.3) is 5.91 Å². The van der Waals surface area contributed by atoms with Gasteiger partial charge in [0.05, 0.1) is 5.56 Å². The van der Waals surface area contributed by atoms with Gasteiger partial charge in [0, 0.05) is 48.4 Å². The Balaban J connectivity index is 1.46. The Morgan fingerprint density at radius 2 is 1.18 bits per heavy atom. The smallest absolute Gasteiger partial charge is 0.340 e. The van der Waals surface area contributed by atoms with Crippen LogP contribution in [0.2, 0.25) is 0 Å². The molecule has 0 atom stereocenters. The lowest BCUT2D eigenvalue weighted by molar-refractivity contribution is -0.132. The minimum Gasteiger partial charge on any atom is -0.456 e. The van der Waals surface area contributed by atoms with Crippen molar-refractivity contribution in [2.45, 2.75) is 19.4 Å². The van der Waals surface area contributed by atoms with E-state index in [-0.39, 0.29) is 50.9 Å². The number of anilines is 1. The number of ether oxygens (including phenoxy) is 4. The molecular formula is C31H16F5NO8. The third kappa shape index (κ3) is 4.61. The number of hydrogen-bond donors (Lipinski definition) is 1. The lowest BCUT2D eigenvalue weighted by atomic mass is 9.77. The summed E-state index contributed by atoms with van der Waals surface area (Å²) in [6.07, 6.45) is 0. The Morgan fingerprint density at radius 3 is 1.69 bits per heavy atom. The van der Waals surface area contributed by atoms with Crippen LogP contribution < -0.4 is 19.5 Å². The molecule has 0 saturated heterocycles. The predicted molar refractivity (Wildman–Crippen MR) is 142 cm³/mol. The molecule has 0 unspecified atom stereocenters. The highest BCUT2D eigenvalue weighted by atomic mass is 19.2. The molecule has 0 saturated carbocycles. The lowest BCUT2D eigenvalue weighted by Gasteiger charge is -2.36. The number of nitrogens with one attached hydrogen (secondary N) is 1. The van der Waals surface area contributed by atoms with Crippen molar-refractivity contribution >= 4 is 29.5 Å². The van der Waals surface area contributed by atoms with E-state index in [1.165, 1.54) is 62.4 Å². The maximum Gasteiger partial charge on any atom is 0.340 e. The van der Waals surface area contributed by atoms with E-state index in [4.69, 9.17) is 18.9 Å². The third-order valence-electron chi connectivity index (χ3n) is 6.97. The zero-order valence-corrected chi connectivity index (χ0v) is 22.9. The predicted octanol–water partition coefficient (Wildman–Crippen LogP) is 6.05. The second-order valence-corrected chi connectivity index (χ2v) is 9.84. The van der Waals surface area contributed by atoms with Gasteiger partial charge < -0.3 is 24.3 Å². The summed E-state index contributed by atoms with van der Waals surface area (Å²) >= 11 is 0. The SMILES string of the molecule is CC(=O)Oc1ccc2c(c1)Oc1cc(OC(C)=O)ccc1C21OC(=O)c2cc(NC(=O)c3c(F)c(F)c(F)c(F)c3F)ccc21. The fraction of sp³-hybridized carbons (Fsp3) is 0.0968. The first-order valence-electron chi connectivity index (χ1n) is 12.9. The van der Waals surface area contributed by atoms with Crippen LogP contribution >= 0.6 is 0 Å². The molecule has 0 bridgehead atoms.